The second kappa shape index (κ2) is 7.14. The van der Waals surface area contributed by atoms with Crippen LogP contribution in [-0.2, 0) is 4.79 Å². The number of aliphatic hydroxyl groups is 1. The van der Waals surface area contributed by atoms with E-state index in [2.05, 4.69) is 12.2 Å². The lowest BCUT2D eigenvalue weighted by Gasteiger charge is -2.35. The van der Waals surface area contributed by atoms with Crippen LogP contribution in [0.1, 0.15) is 32.6 Å². The smallest absolute Gasteiger partial charge is 0.230 e. The minimum absolute atomic E-state index is 0.00879. The van der Waals surface area contributed by atoms with Crippen molar-refractivity contribution in [3.63, 3.8) is 0 Å². The molecule has 2 rings (SSSR count). The van der Waals surface area contributed by atoms with Gasteiger partial charge in [-0.05, 0) is 30.9 Å². The van der Waals surface area contributed by atoms with Gasteiger partial charge in [0, 0.05) is 11.4 Å². The molecule has 1 aliphatic rings. The standard InChI is InChI=1S/C16H23NO2S/c1-13-6-5-9-16(19,10-13)12-17-15(18)11-20-14-7-3-2-4-8-14/h2-4,7-8,13,19H,5-6,9-12H2,1H3,(H,17,18). The first kappa shape index (κ1) is 15.4. The van der Waals surface area contributed by atoms with Crippen LogP contribution >= 0.6 is 11.8 Å². The number of carbonyl (C=O) groups is 1. The monoisotopic (exact) mass is 293 g/mol. The molecule has 0 heterocycles. The molecule has 0 aliphatic heterocycles. The Balaban J connectivity index is 1.72. The first-order valence-corrected chi connectivity index (χ1v) is 8.23. The second-order valence-electron chi connectivity index (χ2n) is 5.80. The van der Waals surface area contributed by atoms with Gasteiger partial charge < -0.3 is 10.4 Å². The molecular weight excluding hydrogens is 270 g/mol. The van der Waals surface area contributed by atoms with Crippen LogP contribution in [0, 0.1) is 5.92 Å². The maximum atomic E-state index is 11.8. The number of hydrogen-bond donors (Lipinski definition) is 2. The Labute approximate surface area is 125 Å². The zero-order valence-corrected chi connectivity index (χ0v) is 12.8. The Morgan fingerprint density at radius 2 is 2.20 bits per heavy atom. The van der Waals surface area contributed by atoms with Crippen molar-refractivity contribution in [3.05, 3.63) is 30.3 Å². The largest absolute Gasteiger partial charge is 0.388 e. The molecule has 1 amide bonds. The SMILES string of the molecule is CC1CCCC(O)(CNC(=O)CSc2ccccc2)C1. The number of nitrogens with one attached hydrogen (secondary N) is 1. The number of hydrogen-bond acceptors (Lipinski definition) is 3. The maximum absolute atomic E-state index is 11.8. The van der Waals surface area contributed by atoms with Gasteiger partial charge in [0.05, 0.1) is 11.4 Å². The lowest BCUT2D eigenvalue weighted by Crippen LogP contribution is -2.46. The lowest BCUT2D eigenvalue weighted by molar-refractivity contribution is -0.120. The van der Waals surface area contributed by atoms with Crippen molar-refractivity contribution in [3.8, 4) is 0 Å². The molecule has 0 spiro atoms. The Hall–Kier alpha value is -1.00. The molecule has 2 atom stereocenters. The van der Waals surface area contributed by atoms with E-state index in [9.17, 15) is 9.90 Å². The first-order chi connectivity index (χ1) is 9.57. The summed E-state index contributed by atoms with van der Waals surface area (Å²) in [6.45, 7) is 2.54. The second-order valence-corrected chi connectivity index (χ2v) is 6.85. The fourth-order valence-corrected chi connectivity index (χ4v) is 3.52. The number of thioether (sulfide) groups is 1. The van der Waals surface area contributed by atoms with Crippen molar-refractivity contribution in [2.45, 2.75) is 43.1 Å². The number of rotatable bonds is 5. The van der Waals surface area contributed by atoms with Crippen molar-refractivity contribution >= 4 is 17.7 Å². The van der Waals surface area contributed by atoms with E-state index in [1.165, 1.54) is 18.2 Å². The molecule has 1 aromatic carbocycles. The molecule has 110 valence electrons. The van der Waals surface area contributed by atoms with Crippen LogP contribution < -0.4 is 5.32 Å². The molecule has 2 unspecified atom stereocenters. The van der Waals surface area contributed by atoms with E-state index < -0.39 is 5.60 Å². The molecule has 1 fully saturated rings. The van der Waals surface area contributed by atoms with Crippen LogP contribution in [0.3, 0.4) is 0 Å². The molecule has 20 heavy (non-hydrogen) atoms. The van der Waals surface area contributed by atoms with Crippen molar-refractivity contribution < 1.29 is 9.90 Å². The van der Waals surface area contributed by atoms with Crippen molar-refractivity contribution in [2.75, 3.05) is 12.3 Å². The van der Waals surface area contributed by atoms with Gasteiger partial charge in [-0.25, -0.2) is 0 Å². The van der Waals surface area contributed by atoms with Crippen LogP contribution in [0.2, 0.25) is 0 Å². The quantitative estimate of drug-likeness (QED) is 0.821. The van der Waals surface area contributed by atoms with Crippen LogP contribution in [-0.4, -0.2) is 28.9 Å². The molecule has 1 aromatic rings. The maximum Gasteiger partial charge on any atom is 0.230 e. The highest BCUT2D eigenvalue weighted by Gasteiger charge is 2.32. The Bertz CT molecular complexity index is 437. The van der Waals surface area contributed by atoms with E-state index in [1.807, 2.05) is 30.3 Å². The highest BCUT2D eigenvalue weighted by atomic mass is 32.2. The molecule has 0 bridgehead atoms. The summed E-state index contributed by atoms with van der Waals surface area (Å²) >= 11 is 1.52. The van der Waals surface area contributed by atoms with Crippen molar-refractivity contribution in [2.24, 2.45) is 5.92 Å². The minimum atomic E-state index is -0.704. The Morgan fingerprint density at radius 3 is 2.90 bits per heavy atom. The summed E-state index contributed by atoms with van der Waals surface area (Å²) in [5.74, 6) is 0.935. The van der Waals surface area contributed by atoms with Crippen LogP contribution in [0.25, 0.3) is 0 Å². The van der Waals surface area contributed by atoms with Gasteiger partial charge in [0.2, 0.25) is 5.91 Å². The van der Waals surface area contributed by atoms with Gasteiger partial charge in [-0.3, -0.25) is 4.79 Å². The van der Waals surface area contributed by atoms with Gasteiger partial charge in [-0.2, -0.15) is 0 Å². The Kier molecular flexibility index (Phi) is 5.49. The topological polar surface area (TPSA) is 49.3 Å². The van der Waals surface area contributed by atoms with Crippen LogP contribution in [0.5, 0.6) is 0 Å². The molecule has 0 aromatic heterocycles. The van der Waals surface area contributed by atoms with Gasteiger partial charge in [-0.1, -0.05) is 38.0 Å². The third-order valence-electron chi connectivity index (χ3n) is 3.80. The molecule has 0 radical (unpaired) electrons. The van der Waals surface area contributed by atoms with E-state index in [4.69, 9.17) is 0 Å². The van der Waals surface area contributed by atoms with E-state index in [0.29, 0.717) is 18.2 Å². The molecule has 1 saturated carbocycles. The normalized spacial score (nSPS) is 26.2. The highest BCUT2D eigenvalue weighted by molar-refractivity contribution is 8.00. The molecule has 4 heteroatoms. The summed E-state index contributed by atoms with van der Waals surface area (Å²) in [6, 6.07) is 9.88. The number of amides is 1. The van der Waals surface area contributed by atoms with E-state index in [1.54, 1.807) is 0 Å². The summed E-state index contributed by atoms with van der Waals surface area (Å²) in [7, 11) is 0. The third kappa shape index (κ3) is 4.84. The van der Waals surface area contributed by atoms with E-state index >= 15 is 0 Å². The third-order valence-corrected chi connectivity index (χ3v) is 4.81. The molecule has 0 saturated heterocycles. The molecular formula is C16H23NO2S. The molecule has 3 nitrogen and oxygen atoms in total. The fraction of sp³-hybridized carbons (Fsp3) is 0.562. The molecule has 1 aliphatic carbocycles. The summed E-state index contributed by atoms with van der Waals surface area (Å²) in [6.07, 6.45) is 3.81. The average Bonchev–Trinajstić information content (AvgIpc) is 2.44. The summed E-state index contributed by atoms with van der Waals surface area (Å²) in [5.41, 5.74) is -0.704. The average molecular weight is 293 g/mol. The highest BCUT2D eigenvalue weighted by Crippen LogP contribution is 2.31. The summed E-state index contributed by atoms with van der Waals surface area (Å²) < 4.78 is 0. The summed E-state index contributed by atoms with van der Waals surface area (Å²) in [4.78, 5) is 12.9. The van der Waals surface area contributed by atoms with Crippen LogP contribution in [0.15, 0.2) is 35.2 Å². The van der Waals surface area contributed by atoms with Crippen LogP contribution in [0.4, 0.5) is 0 Å². The molecule has 2 N–H and O–H groups in total. The summed E-state index contributed by atoms with van der Waals surface area (Å²) in [5, 5.41) is 13.3. The van der Waals surface area contributed by atoms with Gasteiger partial charge in [0.15, 0.2) is 0 Å². The van der Waals surface area contributed by atoms with Crippen molar-refractivity contribution in [1.82, 2.24) is 5.32 Å². The van der Waals surface area contributed by atoms with E-state index in [-0.39, 0.29) is 5.91 Å². The van der Waals surface area contributed by atoms with Gasteiger partial charge in [-0.15, -0.1) is 11.8 Å². The van der Waals surface area contributed by atoms with Crippen molar-refractivity contribution in [1.29, 1.82) is 0 Å². The first-order valence-electron chi connectivity index (χ1n) is 7.24. The zero-order valence-electron chi connectivity index (χ0n) is 12.0. The minimum Gasteiger partial charge on any atom is -0.388 e. The zero-order chi connectivity index (χ0) is 14.4. The number of benzene rings is 1. The number of carbonyl (C=O) groups excluding carboxylic acids is 1. The predicted octanol–water partition coefficient (Wildman–Crippen LogP) is 2.84. The predicted molar refractivity (Wildman–Crippen MR) is 82.8 cm³/mol. The van der Waals surface area contributed by atoms with Gasteiger partial charge in [0.25, 0.3) is 0 Å². The fourth-order valence-electron chi connectivity index (χ4n) is 2.77. The van der Waals surface area contributed by atoms with Gasteiger partial charge in [0.1, 0.15) is 0 Å². The Morgan fingerprint density at radius 1 is 1.45 bits per heavy atom. The van der Waals surface area contributed by atoms with E-state index in [0.717, 1.165) is 24.2 Å². The van der Waals surface area contributed by atoms with Gasteiger partial charge >= 0.3 is 0 Å². The lowest BCUT2D eigenvalue weighted by atomic mass is 9.79.